The minimum atomic E-state index is -4.17. The van der Waals surface area contributed by atoms with Crippen LogP contribution in [0.3, 0.4) is 0 Å². The van der Waals surface area contributed by atoms with E-state index in [-0.39, 0.29) is 11.9 Å². The van der Waals surface area contributed by atoms with Crippen LogP contribution in [-0.4, -0.2) is 33.6 Å². The van der Waals surface area contributed by atoms with Crippen molar-refractivity contribution in [2.24, 2.45) is 0 Å². The van der Waals surface area contributed by atoms with Crippen molar-refractivity contribution < 1.29 is 25.9 Å². The third-order valence-electron chi connectivity index (χ3n) is 1.59. The molecule has 0 aromatic carbocycles. The van der Waals surface area contributed by atoms with Gasteiger partial charge in [-0.25, -0.2) is 4.18 Å². The van der Waals surface area contributed by atoms with Gasteiger partial charge in [0.15, 0.2) is 0 Å². The van der Waals surface area contributed by atoms with Crippen molar-refractivity contribution in [3.8, 4) is 0 Å². The summed E-state index contributed by atoms with van der Waals surface area (Å²) in [6.45, 7) is 1.44. The van der Waals surface area contributed by atoms with Crippen LogP contribution in [0, 0.1) is 0 Å². The molecule has 0 aliphatic heterocycles. The van der Waals surface area contributed by atoms with Gasteiger partial charge in [0.2, 0.25) is 0 Å². The maximum atomic E-state index is 9.98. The molecule has 8 heteroatoms. The SMILES string of the molecule is CCOS(=O)(=O)O.O=S([O-])C1CCC1. The van der Waals surface area contributed by atoms with Crippen LogP contribution in [0.1, 0.15) is 26.2 Å². The second-order valence-electron chi connectivity index (χ2n) is 2.65. The van der Waals surface area contributed by atoms with Gasteiger partial charge < -0.3 is 4.55 Å². The lowest BCUT2D eigenvalue weighted by Gasteiger charge is -2.26. The highest BCUT2D eigenvalue weighted by Crippen LogP contribution is 2.22. The molecule has 0 radical (unpaired) electrons. The smallest absolute Gasteiger partial charge is 0.397 e. The van der Waals surface area contributed by atoms with E-state index in [0.717, 1.165) is 19.3 Å². The van der Waals surface area contributed by atoms with Crippen molar-refractivity contribution in [3.05, 3.63) is 0 Å². The van der Waals surface area contributed by atoms with Crippen molar-refractivity contribution in [1.82, 2.24) is 0 Å². The molecule has 0 spiro atoms. The fourth-order valence-electron chi connectivity index (χ4n) is 0.712. The zero-order valence-corrected chi connectivity index (χ0v) is 9.34. The predicted octanol–water partition coefficient (Wildman–Crippen LogP) is 0.244. The maximum Gasteiger partial charge on any atom is 0.397 e. The Hall–Kier alpha value is -0.0200. The van der Waals surface area contributed by atoms with E-state index in [1.807, 2.05) is 0 Å². The number of hydrogen-bond donors (Lipinski definition) is 1. The van der Waals surface area contributed by atoms with Gasteiger partial charge in [0.05, 0.1) is 6.61 Å². The van der Waals surface area contributed by atoms with Crippen molar-refractivity contribution in [3.63, 3.8) is 0 Å². The average molecular weight is 245 g/mol. The van der Waals surface area contributed by atoms with E-state index >= 15 is 0 Å². The summed E-state index contributed by atoms with van der Waals surface area (Å²) in [6.07, 6.45) is 2.87. The molecular weight excluding hydrogens is 232 g/mol. The van der Waals surface area contributed by atoms with Gasteiger partial charge in [-0.05, 0) is 19.8 Å². The first-order valence-corrected chi connectivity index (χ1v) is 6.57. The first kappa shape index (κ1) is 14.0. The molecule has 1 rings (SSSR count). The van der Waals surface area contributed by atoms with Gasteiger partial charge in [0, 0.05) is 5.25 Å². The van der Waals surface area contributed by atoms with Crippen molar-refractivity contribution in [1.29, 1.82) is 0 Å². The van der Waals surface area contributed by atoms with E-state index in [1.54, 1.807) is 0 Å². The molecule has 0 saturated heterocycles. The molecule has 1 aliphatic carbocycles. The molecule has 0 heterocycles. The molecule has 1 N–H and O–H groups in total. The molecule has 1 saturated carbocycles. The van der Waals surface area contributed by atoms with Crippen molar-refractivity contribution >= 4 is 21.5 Å². The molecule has 86 valence electrons. The van der Waals surface area contributed by atoms with Crippen molar-refractivity contribution in [2.75, 3.05) is 6.61 Å². The summed E-state index contributed by atoms with van der Waals surface area (Å²) in [5, 5.41) is -0.000000000000000222. The molecule has 1 aliphatic rings. The molecule has 0 aromatic heterocycles. The third kappa shape index (κ3) is 7.39. The van der Waals surface area contributed by atoms with E-state index in [4.69, 9.17) is 4.55 Å². The third-order valence-corrected chi connectivity index (χ3v) is 3.14. The summed E-state index contributed by atoms with van der Waals surface area (Å²) in [4.78, 5) is 0. The monoisotopic (exact) mass is 245 g/mol. The Morgan fingerprint density at radius 2 is 2.07 bits per heavy atom. The lowest BCUT2D eigenvalue weighted by Crippen LogP contribution is -2.22. The van der Waals surface area contributed by atoms with E-state index in [9.17, 15) is 17.2 Å². The second kappa shape index (κ2) is 6.46. The Balaban J connectivity index is 0.000000241. The minimum absolute atomic E-state index is 0.000000000000000222. The average Bonchev–Trinajstić information content (AvgIpc) is 1.78. The quantitative estimate of drug-likeness (QED) is 0.564. The first-order valence-electron chi connectivity index (χ1n) is 4.06. The van der Waals surface area contributed by atoms with Gasteiger partial charge >= 0.3 is 10.4 Å². The molecule has 0 aromatic rings. The predicted molar refractivity (Wildman–Crippen MR) is 49.7 cm³/mol. The van der Waals surface area contributed by atoms with Crippen LogP contribution in [0.4, 0.5) is 0 Å². The fourth-order valence-corrected chi connectivity index (χ4v) is 1.73. The van der Waals surface area contributed by atoms with Gasteiger partial charge in [0.25, 0.3) is 0 Å². The number of hydrogen-bond acceptors (Lipinski definition) is 5. The number of rotatable bonds is 3. The van der Waals surface area contributed by atoms with E-state index in [2.05, 4.69) is 4.18 Å². The van der Waals surface area contributed by atoms with Gasteiger partial charge in [-0.3, -0.25) is 8.76 Å². The van der Waals surface area contributed by atoms with E-state index in [0.29, 0.717) is 0 Å². The molecule has 0 bridgehead atoms. The Morgan fingerprint density at radius 1 is 1.57 bits per heavy atom. The summed E-state index contributed by atoms with van der Waals surface area (Å²) in [6, 6.07) is 0. The van der Waals surface area contributed by atoms with Crippen LogP contribution in [0.15, 0.2) is 0 Å². The highest BCUT2D eigenvalue weighted by molar-refractivity contribution is 7.80. The summed E-state index contributed by atoms with van der Waals surface area (Å²) < 4.78 is 50.6. The lowest BCUT2D eigenvalue weighted by atomic mass is 10.0. The van der Waals surface area contributed by atoms with Crippen LogP contribution in [0.5, 0.6) is 0 Å². The molecule has 14 heavy (non-hydrogen) atoms. The Kier molecular flexibility index (Phi) is 6.45. The van der Waals surface area contributed by atoms with E-state index in [1.165, 1.54) is 6.92 Å². The standard InChI is InChI=1S/C4H8O2S.C2H6O4S/c5-7(6)4-2-1-3-4;1-2-6-7(3,4)5/h4H,1-3H2,(H,5,6);2H2,1H3,(H,3,4,5)/p-1. The van der Waals surface area contributed by atoms with Crippen LogP contribution in [0.25, 0.3) is 0 Å². The highest BCUT2D eigenvalue weighted by Gasteiger charge is 2.16. The largest absolute Gasteiger partial charge is 0.772 e. The van der Waals surface area contributed by atoms with Crippen molar-refractivity contribution in [2.45, 2.75) is 31.4 Å². The zero-order valence-electron chi connectivity index (χ0n) is 7.71. The maximum absolute atomic E-state index is 9.98. The first-order chi connectivity index (χ1) is 6.37. The van der Waals surface area contributed by atoms with Gasteiger partial charge in [-0.1, -0.05) is 17.5 Å². The molecule has 1 unspecified atom stereocenters. The van der Waals surface area contributed by atoms with Gasteiger partial charge in [-0.15, -0.1) is 0 Å². The van der Waals surface area contributed by atoms with Gasteiger partial charge in [-0.2, -0.15) is 8.42 Å². The molecule has 0 amide bonds. The molecule has 1 fully saturated rings. The van der Waals surface area contributed by atoms with Crippen LogP contribution in [0.2, 0.25) is 0 Å². The lowest BCUT2D eigenvalue weighted by molar-refractivity contribution is 0.283. The summed E-state index contributed by atoms with van der Waals surface area (Å²) in [5.41, 5.74) is 0. The summed E-state index contributed by atoms with van der Waals surface area (Å²) in [7, 11) is -4.17. The molecular formula is C6H13O6S2-. The Labute approximate surface area is 85.9 Å². The van der Waals surface area contributed by atoms with Crippen LogP contribution < -0.4 is 0 Å². The molecule has 1 atom stereocenters. The van der Waals surface area contributed by atoms with Crippen LogP contribution >= 0.6 is 0 Å². The second-order valence-corrected chi connectivity index (χ2v) is 4.93. The highest BCUT2D eigenvalue weighted by atomic mass is 32.3. The van der Waals surface area contributed by atoms with Crippen LogP contribution in [-0.2, 0) is 25.7 Å². The fraction of sp³-hybridized carbons (Fsp3) is 1.00. The summed E-state index contributed by atoms with van der Waals surface area (Å²) in [5.74, 6) is 0. The summed E-state index contributed by atoms with van der Waals surface area (Å²) >= 11 is -1.77. The van der Waals surface area contributed by atoms with E-state index < -0.39 is 21.5 Å². The molecule has 6 nitrogen and oxygen atoms in total. The topological polar surface area (TPSA) is 104 Å². The zero-order chi connectivity index (χ0) is 11.2. The van der Waals surface area contributed by atoms with Gasteiger partial charge in [0.1, 0.15) is 0 Å². The minimum Gasteiger partial charge on any atom is -0.772 e. The Morgan fingerprint density at radius 3 is 2.07 bits per heavy atom. The Bertz CT molecular complexity index is 268. The normalized spacial score (nSPS) is 19.1.